The Bertz CT molecular complexity index is 762. The van der Waals surface area contributed by atoms with E-state index in [2.05, 4.69) is 89.3 Å². The van der Waals surface area contributed by atoms with Gasteiger partial charge in [0.25, 0.3) is 0 Å². The normalized spacial score (nSPS) is 20.9. The quantitative estimate of drug-likeness (QED) is 0.0555. The molecule has 1 aliphatic heterocycles. The predicted molar refractivity (Wildman–Crippen MR) is 206 cm³/mol. The van der Waals surface area contributed by atoms with Crippen molar-refractivity contribution in [3.63, 3.8) is 0 Å². The third kappa shape index (κ3) is 24.7. The lowest BCUT2D eigenvalue weighted by molar-refractivity contribution is -0.159. The molecule has 2 heteroatoms. The second kappa shape index (κ2) is 30.9. The molecule has 0 bridgehead atoms. The van der Waals surface area contributed by atoms with Gasteiger partial charge in [0.15, 0.2) is 5.79 Å². The van der Waals surface area contributed by atoms with Gasteiger partial charge in [-0.3, -0.25) is 0 Å². The van der Waals surface area contributed by atoms with Crippen LogP contribution in [0.4, 0.5) is 0 Å². The first-order chi connectivity index (χ1) is 22.5. The second-order valence-electron chi connectivity index (χ2n) is 14.1. The number of hydrogen-bond acceptors (Lipinski definition) is 2. The highest BCUT2D eigenvalue weighted by Crippen LogP contribution is 2.37. The van der Waals surface area contributed by atoms with Gasteiger partial charge in [0, 0.05) is 6.42 Å². The van der Waals surface area contributed by atoms with Gasteiger partial charge in [-0.15, -0.1) is 0 Å². The number of rotatable bonds is 31. The van der Waals surface area contributed by atoms with E-state index in [9.17, 15) is 0 Å². The number of ether oxygens (including phenoxy) is 2. The van der Waals surface area contributed by atoms with Crippen LogP contribution in [0.2, 0.25) is 0 Å². The zero-order valence-electron chi connectivity index (χ0n) is 31.6. The molecule has 1 saturated heterocycles. The third-order valence-electron chi connectivity index (χ3n) is 9.47. The SMILES string of the molecule is CCCCCC=CCC=CCCCCCCCC1OC(C)(CC=C(C)CC)OC1CCCCCCCC=CCC=CCCCCC. The molecule has 0 amide bonds. The minimum atomic E-state index is -0.459. The van der Waals surface area contributed by atoms with Crippen molar-refractivity contribution in [2.24, 2.45) is 0 Å². The molecular weight excluding hydrogens is 560 g/mol. The Morgan fingerprint density at radius 2 is 0.870 bits per heavy atom. The molecule has 0 spiro atoms. The molecule has 2 atom stereocenters. The number of hydrogen-bond donors (Lipinski definition) is 0. The van der Waals surface area contributed by atoms with Gasteiger partial charge in [0.2, 0.25) is 0 Å². The van der Waals surface area contributed by atoms with Crippen LogP contribution in [-0.2, 0) is 9.47 Å². The van der Waals surface area contributed by atoms with E-state index in [1.54, 1.807) is 0 Å². The summed E-state index contributed by atoms with van der Waals surface area (Å²) in [6, 6.07) is 0. The summed E-state index contributed by atoms with van der Waals surface area (Å²) in [6.07, 6.45) is 54.1. The van der Waals surface area contributed by atoms with Crippen molar-refractivity contribution >= 4 is 0 Å². The second-order valence-corrected chi connectivity index (χ2v) is 14.1. The zero-order valence-corrected chi connectivity index (χ0v) is 31.6. The molecule has 1 fully saturated rings. The highest BCUT2D eigenvalue weighted by molar-refractivity contribution is 5.00. The van der Waals surface area contributed by atoms with Crippen molar-refractivity contribution in [2.45, 2.75) is 220 Å². The van der Waals surface area contributed by atoms with Gasteiger partial charge in [-0.25, -0.2) is 0 Å². The average Bonchev–Trinajstić information content (AvgIpc) is 3.38. The van der Waals surface area contributed by atoms with E-state index in [4.69, 9.17) is 9.47 Å². The van der Waals surface area contributed by atoms with Crippen molar-refractivity contribution in [3.05, 3.63) is 60.3 Å². The molecule has 0 aromatic carbocycles. The Labute approximate surface area is 288 Å². The lowest BCUT2D eigenvalue weighted by Gasteiger charge is -2.22. The molecule has 0 aromatic heterocycles. The predicted octanol–water partition coefficient (Wildman–Crippen LogP) is 14.9. The van der Waals surface area contributed by atoms with E-state index < -0.39 is 5.79 Å². The summed E-state index contributed by atoms with van der Waals surface area (Å²) < 4.78 is 13.3. The summed E-state index contributed by atoms with van der Waals surface area (Å²) in [5, 5.41) is 0. The van der Waals surface area contributed by atoms with Gasteiger partial charge in [0.05, 0.1) is 12.2 Å². The first kappa shape index (κ1) is 42.6. The van der Waals surface area contributed by atoms with Crippen LogP contribution in [0.1, 0.15) is 202 Å². The fourth-order valence-corrected chi connectivity index (χ4v) is 6.22. The molecule has 1 rings (SSSR count). The summed E-state index contributed by atoms with van der Waals surface area (Å²) in [7, 11) is 0. The molecule has 1 aliphatic rings. The maximum absolute atomic E-state index is 6.66. The Morgan fingerprint density at radius 1 is 0.500 bits per heavy atom. The summed E-state index contributed by atoms with van der Waals surface area (Å²) in [5.74, 6) is -0.459. The van der Waals surface area contributed by atoms with Gasteiger partial charge < -0.3 is 9.47 Å². The molecule has 46 heavy (non-hydrogen) atoms. The minimum Gasteiger partial charge on any atom is -0.344 e. The van der Waals surface area contributed by atoms with Crippen molar-refractivity contribution < 1.29 is 9.47 Å². The number of unbranched alkanes of at least 4 members (excludes halogenated alkanes) is 16. The molecule has 0 aromatic rings. The van der Waals surface area contributed by atoms with Crippen LogP contribution >= 0.6 is 0 Å². The largest absolute Gasteiger partial charge is 0.344 e. The van der Waals surface area contributed by atoms with E-state index in [1.165, 1.54) is 134 Å². The Hall–Kier alpha value is -1.38. The topological polar surface area (TPSA) is 18.5 Å². The lowest BCUT2D eigenvalue weighted by atomic mass is 9.99. The van der Waals surface area contributed by atoms with Gasteiger partial charge in [-0.2, -0.15) is 0 Å². The fraction of sp³-hybridized carbons (Fsp3) is 0.773. The maximum atomic E-state index is 6.66. The molecule has 1 heterocycles. The zero-order chi connectivity index (χ0) is 33.4. The van der Waals surface area contributed by atoms with Crippen molar-refractivity contribution in [2.75, 3.05) is 0 Å². The van der Waals surface area contributed by atoms with Gasteiger partial charge in [0.1, 0.15) is 0 Å². The van der Waals surface area contributed by atoms with Crippen molar-refractivity contribution in [1.82, 2.24) is 0 Å². The van der Waals surface area contributed by atoms with Gasteiger partial charge >= 0.3 is 0 Å². The molecule has 0 aliphatic carbocycles. The molecule has 0 N–H and O–H groups in total. The van der Waals surface area contributed by atoms with Gasteiger partial charge in [-0.05, 0) is 97.3 Å². The highest BCUT2D eigenvalue weighted by Gasteiger charge is 2.42. The first-order valence-electron chi connectivity index (χ1n) is 20.2. The molecule has 2 unspecified atom stereocenters. The molecule has 0 radical (unpaired) electrons. The molecular formula is C44H78O2. The molecule has 0 saturated carbocycles. The lowest BCUT2D eigenvalue weighted by Crippen LogP contribution is -2.26. The van der Waals surface area contributed by atoms with E-state index in [0.717, 1.165) is 38.5 Å². The Kier molecular flexibility index (Phi) is 28.7. The Morgan fingerprint density at radius 3 is 1.26 bits per heavy atom. The third-order valence-corrected chi connectivity index (χ3v) is 9.47. The summed E-state index contributed by atoms with van der Waals surface area (Å²) in [4.78, 5) is 0. The van der Waals surface area contributed by atoms with Crippen LogP contribution in [0.25, 0.3) is 0 Å². The monoisotopic (exact) mass is 639 g/mol. The summed E-state index contributed by atoms with van der Waals surface area (Å²) in [6.45, 7) is 11.2. The summed E-state index contributed by atoms with van der Waals surface area (Å²) in [5.41, 5.74) is 1.43. The molecule has 266 valence electrons. The van der Waals surface area contributed by atoms with Crippen LogP contribution < -0.4 is 0 Å². The van der Waals surface area contributed by atoms with Crippen LogP contribution in [0.15, 0.2) is 60.3 Å². The van der Waals surface area contributed by atoms with Crippen LogP contribution in [0, 0.1) is 0 Å². The van der Waals surface area contributed by atoms with Gasteiger partial charge in [-0.1, -0.05) is 158 Å². The van der Waals surface area contributed by atoms with Crippen LogP contribution in [0.3, 0.4) is 0 Å². The number of allylic oxidation sites excluding steroid dienone is 9. The van der Waals surface area contributed by atoms with Crippen LogP contribution in [0.5, 0.6) is 0 Å². The fourth-order valence-electron chi connectivity index (χ4n) is 6.22. The van der Waals surface area contributed by atoms with E-state index >= 15 is 0 Å². The smallest absolute Gasteiger partial charge is 0.169 e. The van der Waals surface area contributed by atoms with Crippen LogP contribution in [-0.4, -0.2) is 18.0 Å². The van der Waals surface area contributed by atoms with E-state index in [1.807, 2.05) is 0 Å². The van der Waals surface area contributed by atoms with Crippen molar-refractivity contribution in [3.8, 4) is 0 Å². The maximum Gasteiger partial charge on any atom is 0.169 e. The molecule has 2 nitrogen and oxygen atoms in total. The first-order valence-corrected chi connectivity index (χ1v) is 20.2. The summed E-state index contributed by atoms with van der Waals surface area (Å²) >= 11 is 0. The van der Waals surface area contributed by atoms with Crippen molar-refractivity contribution in [1.29, 1.82) is 0 Å². The van der Waals surface area contributed by atoms with E-state index in [-0.39, 0.29) is 12.2 Å². The van der Waals surface area contributed by atoms with E-state index in [0.29, 0.717) is 0 Å². The highest BCUT2D eigenvalue weighted by atomic mass is 16.8. The standard InChI is InChI=1S/C44H78O2/c1-6-9-11-13-15-17-19-21-23-25-27-29-31-33-35-37-42-43(46-44(5,45-42)40-39-41(4)8-3)38-36-34-32-30-28-26-24-22-20-18-16-14-12-10-7-2/h15-18,21-24,39,42-43H,6-14,19-20,25-38,40H2,1-5H3. The Balaban J connectivity index is 2.25. The minimum absolute atomic E-state index is 0.254. The average molecular weight is 639 g/mol.